The lowest BCUT2D eigenvalue weighted by Crippen LogP contribution is -2.59. The number of halogens is 6. The van der Waals surface area contributed by atoms with E-state index in [4.69, 9.17) is 4.74 Å². The van der Waals surface area contributed by atoms with Crippen LogP contribution in [-0.2, 0) is 4.79 Å². The van der Waals surface area contributed by atoms with Crippen molar-refractivity contribution in [3.05, 3.63) is 58.1 Å². The molecule has 2 atom stereocenters. The highest BCUT2D eigenvalue weighted by molar-refractivity contribution is 5.96. The number of aliphatic hydroxyl groups is 1. The number of fused-ring (bicyclic) bond motifs is 1. The van der Waals surface area contributed by atoms with Crippen LogP contribution < -0.4 is 20.4 Å². The molecule has 1 saturated heterocycles. The van der Waals surface area contributed by atoms with Crippen LogP contribution in [0.15, 0.2) is 35.3 Å². The zero-order chi connectivity index (χ0) is 29.1. The lowest BCUT2D eigenvalue weighted by Gasteiger charge is -2.32. The Morgan fingerprint density at radius 1 is 1.12 bits per heavy atom. The van der Waals surface area contributed by atoms with Crippen molar-refractivity contribution in [1.29, 1.82) is 0 Å². The highest BCUT2D eigenvalue weighted by Crippen LogP contribution is 2.48. The second kappa shape index (κ2) is 9.50. The monoisotopic (exact) mass is 570 g/mol. The number of anilines is 1. The molecule has 40 heavy (non-hydrogen) atoms. The van der Waals surface area contributed by atoms with Gasteiger partial charge in [-0.3, -0.25) is 19.1 Å². The first-order valence-corrected chi connectivity index (χ1v) is 12.0. The predicted octanol–water partition coefficient (Wildman–Crippen LogP) is 3.72. The van der Waals surface area contributed by atoms with Gasteiger partial charge in [-0.1, -0.05) is 0 Å². The van der Waals surface area contributed by atoms with Crippen LogP contribution in [0.25, 0.3) is 16.7 Å². The summed E-state index contributed by atoms with van der Waals surface area (Å²) in [5, 5.41) is 11.2. The molecule has 2 N–H and O–H groups in total. The average molecular weight is 570 g/mol. The molecule has 2 amide bonds. The number of pyridine rings is 2. The first kappa shape index (κ1) is 27.4. The zero-order valence-electron chi connectivity index (χ0n) is 20.6. The Morgan fingerprint density at radius 3 is 2.33 bits per heavy atom. The van der Waals surface area contributed by atoms with Gasteiger partial charge < -0.3 is 15.2 Å². The second-order valence-corrected chi connectivity index (χ2v) is 9.80. The van der Waals surface area contributed by atoms with Gasteiger partial charge in [0.1, 0.15) is 22.9 Å². The van der Waals surface area contributed by atoms with Gasteiger partial charge in [0.15, 0.2) is 23.0 Å². The van der Waals surface area contributed by atoms with Crippen molar-refractivity contribution in [2.45, 2.75) is 44.0 Å². The van der Waals surface area contributed by atoms with Crippen LogP contribution in [0.5, 0.6) is 5.75 Å². The molecule has 3 aromatic rings. The maximum atomic E-state index is 14.8. The average Bonchev–Trinajstić information content (AvgIpc) is 3.64. The molecule has 1 aliphatic carbocycles. The van der Waals surface area contributed by atoms with Crippen molar-refractivity contribution in [2.75, 3.05) is 11.4 Å². The summed E-state index contributed by atoms with van der Waals surface area (Å²) in [6.07, 6.45) is -6.68. The van der Waals surface area contributed by atoms with Crippen molar-refractivity contribution in [3.63, 3.8) is 0 Å². The molecule has 2 aliphatic rings. The molecule has 1 unspecified atom stereocenters. The number of hydrogen-bond donors (Lipinski definition) is 2. The molecule has 0 radical (unpaired) electrons. The number of carbonyl (C=O) groups excluding carboxylic acids is 2. The first-order valence-electron chi connectivity index (χ1n) is 12.0. The lowest BCUT2D eigenvalue weighted by atomic mass is 9.95. The van der Waals surface area contributed by atoms with Crippen LogP contribution in [0.1, 0.15) is 26.2 Å². The van der Waals surface area contributed by atoms with Gasteiger partial charge in [-0.15, -0.1) is 0 Å². The molecule has 1 aromatic carbocycles. The van der Waals surface area contributed by atoms with E-state index in [1.54, 1.807) is 5.32 Å². The Bertz CT molecular complexity index is 1580. The summed E-state index contributed by atoms with van der Waals surface area (Å²) in [7, 11) is 0. The Hall–Kier alpha value is -4.14. The Morgan fingerprint density at radius 2 is 1.77 bits per heavy atom. The minimum Gasteiger partial charge on any atom is -0.405 e. The van der Waals surface area contributed by atoms with Crippen LogP contribution in [0.4, 0.5) is 37.0 Å². The summed E-state index contributed by atoms with van der Waals surface area (Å²) in [5.41, 5.74) is -5.13. The van der Waals surface area contributed by atoms with Gasteiger partial charge in [0, 0.05) is 12.1 Å². The molecule has 1 aliphatic heterocycles. The fraction of sp³-hybridized carbons (Fsp3) is 0.360. The third kappa shape index (κ3) is 4.74. The molecule has 9 nitrogen and oxygen atoms in total. The van der Waals surface area contributed by atoms with Gasteiger partial charge in [-0.25, -0.2) is 22.9 Å². The van der Waals surface area contributed by atoms with Gasteiger partial charge in [0.25, 0.3) is 0 Å². The maximum Gasteiger partial charge on any atom is 0.413 e. The standard InChI is InChI=1S/C25H20F6N4O5/c1-24(11-2-3-11,25(29,30)31)33-23(39)40-17-10-35(20-15(27)6-12(26)7-16(20)28)22-14(21(17)38)4-5-18(32-22)34-9-13(36)8-19(34)37/h4-7,10-11,13,36H,2-3,8-9H2,1H3,(H,33,39)/t13-,24?/m0/s1. The van der Waals surface area contributed by atoms with Crippen molar-refractivity contribution in [3.8, 4) is 11.4 Å². The minimum atomic E-state index is -4.85. The number of ether oxygens (including phenoxy) is 1. The largest absolute Gasteiger partial charge is 0.413 e. The van der Waals surface area contributed by atoms with Gasteiger partial charge in [0.05, 0.1) is 30.7 Å². The normalized spacial score (nSPS) is 19.1. The molecule has 0 spiro atoms. The van der Waals surface area contributed by atoms with Crippen molar-refractivity contribution in [2.24, 2.45) is 5.92 Å². The highest BCUT2D eigenvalue weighted by atomic mass is 19.4. The van der Waals surface area contributed by atoms with Crippen LogP contribution in [0, 0.1) is 23.4 Å². The number of β-amino-alcohol motifs (C(OH)–C–C–N with tert-alkyl or cyclic N) is 1. The third-order valence-electron chi connectivity index (χ3n) is 6.95. The van der Waals surface area contributed by atoms with Gasteiger partial charge in [-0.05, 0) is 37.8 Å². The predicted molar refractivity (Wildman–Crippen MR) is 127 cm³/mol. The second-order valence-electron chi connectivity index (χ2n) is 9.80. The topological polar surface area (TPSA) is 114 Å². The van der Waals surface area contributed by atoms with E-state index >= 15 is 0 Å². The summed E-state index contributed by atoms with van der Waals surface area (Å²) >= 11 is 0. The lowest BCUT2D eigenvalue weighted by molar-refractivity contribution is -0.195. The fourth-order valence-electron chi connectivity index (χ4n) is 4.64. The van der Waals surface area contributed by atoms with E-state index < -0.39 is 81.1 Å². The van der Waals surface area contributed by atoms with Crippen molar-refractivity contribution >= 4 is 28.9 Å². The van der Waals surface area contributed by atoms with Gasteiger partial charge >= 0.3 is 12.3 Å². The van der Waals surface area contributed by atoms with Crippen LogP contribution in [0.2, 0.25) is 0 Å². The number of rotatable bonds is 5. The molecule has 3 heterocycles. The SMILES string of the molecule is CC(NC(=O)Oc1cn(-c2c(F)cc(F)cc2F)c2nc(N3C[C@@H](O)CC3=O)ccc2c1=O)(C1CC1)C(F)(F)F. The molecule has 0 bridgehead atoms. The maximum absolute atomic E-state index is 14.8. The highest BCUT2D eigenvalue weighted by Gasteiger charge is 2.60. The number of aromatic nitrogens is 2. The number of hydrogen-bond acceptors (Lipinski definition) is 6. The van der Waals surface area contributed by atoms with Crippen LogP contribution in [0.3, 0.4) is 0 Å². The number of benzene rings is 1. The summed E-state index contributed by atoms with van der Waals surface area (Å²) in [4.78, 5) is 43.2. The van der Waals surface area contributed by atoms with E-state index in [2.05, 4.69) is 4.98 Å². The van der Waals surface area contributed by atoms with Gasteiger partial charge in [0.2, 0.25) is 11.3 Å². The van der Waals surface area contributed by atoms with E-state index in [1.165, 1.54) is 6.07 Å². The Kier molecular flexibility index (Phi) is 6.51. The molecule has 212 valence electrons. The summed E-state index contributed by atoms with van der Waals surface area (Å²) in [5.74, 6) is -6.60. The number of amides is 2. The molecule has 1 saturated carbocycles. The number of nitrogens with zero attached hydrogens (tertiary/aromatic N) is 3. The zero-order valence-corrected chi connectivity index (χ0v) is 20.6. The molecule has 2 fully saturated rings. The molecule has 5 rings (SSSR count). The number of carbonyl (C=O) groups is 2. The number of alkyl halides is 3. The quantitative estimate of drug-likeness (QED) is 0.453. The van der Waals surface area contributed by atoms with E-state index in [0.717, 1.165) is 17.9 Å². The van der Waals surface area contributed by atoms with Crippen LogP contribution in [-0.4, -0.2) is 51.0 Å². The van der Waals surface area contributed by atoms with Crippen molar-refractivity contribution < 1.29 is 45.8 Å². The summed E-state index contributed by atoms with van der Waals surface area (Å²) in [6.45, 7) is 0.622. The van der Waals surface area contributed by atoms with E-state index in [1.807, 2.05) is 0 Å². The summed E-state index contributed by atoms with van der Waals surface area (Å²) < 4.78 is 90.0. The fourth-order valence-corrected chi connectivity index (χ4v) is 4.64. The number of aliphatic hydroxyl groups excluding tert-OH is 1. The van der Waals surface area contributed by atoms with E-state index in [-0.39, 0.29) is 31.6 Å². The number of nitrogens with one attached hydrogen (secondary N) is 1. The van der Waals surface area contributed by atoms with Crippen LogP contribution >= 0.6 is 0 Å². The third-order valence-corrected chi connectivity index (χ3v) is 6.95. The van der Waals surface area contributed by atoms with E-state index in [9.17, 15) is 45.8 Å². The Labute approximate surface area is 221 Å². The molecule has 15 heteroatoms. The smallest absolute Gasteiger partial charge is 0.405 e. The summed E-state index contributed by atoms with van der Waals surface area (Å²) in [6, 6.07) is 2.97. The first-order chi connectivity index (χ1) is 18.7. The minimum absolute atomic E-state index is 0.0954. The Balaban J connectivity index is 1.63. The van der Waals surface area contributed by atoms with Crippen molar-refractivity contribution in [1.82, 2.24) is 14.9 Å². The van der Waals surface area contributed by atoms with Gasteiger partial charge in [-0.2, -0.15) is 13.2 Å². The molecular formula is C25H20F6N4O5. The molecular weight excluding hydrogens is 550 g/mol. The van der Waals surface area contributed by atoms with E-state index in [0.29, 0.717) is 22.9 Å². The molecule has 2 aromatic heterocycles.